The van der Waals surface area contributed by atoms with Gasteiger partial charge in [-0.25, -0.2) is 17.5 Å². The van der Waals surface area contributed by atoms with E-state index in [1.165, 1.54) is 45.6 Å². The molecule has 1 fully saturated rings. The maximum Gasteiger partial charge on any atom is 0.416 e. The minimum absolute atomic E-state index is 0.0862. The molecule has 0 bridgehead atoms. The van der Waals surface area contributed by atoms with Crippen molar-refractivity contribution in [1.82, 2.24) is 23.9 Å². The summed E-state index contributed by atoms with van der Waals surface area (Å²) in [4.78, 5) is 0.0862. The molecule has 6 rings (SSSR count). The number of aryl methyl sites for hydroxylation is 2. The monoisotopic (exact) mass is 597 g/mol. The molecule has 1 aliphatic rings. The highest BCUT2D eigenvalue weighted by molar-refractivity contribution is 7.89. The number of fused-ring (bicyclic) bond motifs is 1. The van der Waals surface area contributed by atoms with Gasteiger partial charge in [-0.05, 0) is 85.0 Å². The molecule has 0 amide bonds. The van der Waals surface area contributed by atoms with Crippen molar-refractivity contribution in [3.8, 4) is 5.69 Å². The van der Waals surface area contributed by atoms with Gasteiger partial charge in [-0.15, -0.1) is 0 Å². The maximum absolute atomic E-state index is 13.6. The number of benzene rings is 3. The summed E-state index contributed by atoms with van der Waals surface area (Å²) in [6, 6.07) is 15.0. The first kappa shape index (κ1) is 28.1. The van der Waals surface area contributed by atoms with Crippen LogP contribution in [0.4, 0.5) is 17.6 Å². The van der Waals surface area contributed by atoms with E-state index in [0.717, 1.165) is 34.2 Å². The molecule has 0 radical (unpaired) electrons. The second-order valence-corrected chi connectivity index (χ2v) is 12.8. The van der Waals surface area contributed by atoms with Crippen LogP contribution in [-0.4, -0.2) is 45.4 Å². The van der Waals surface area contributed by atoms with E-state index in [4.69, 9.17) is 0 Å². The molecule has 2 aromatic heterocycles. The number of sulfonamides is 1. The number of hydrogen-bond acceptors (Lipinski definition) is 4. The summed E-state index contributed by atoms with van der Waals surface area (Å²) >= 11 is 0. The van der Waals surface area contributed by atoms with Gasteiger partial charge in [0.2, 0.25) is 10.0 Å². The average Bonchev–Trinajstić information content (AvgIpc) is 3.68. The number of alkyl halides is 3. The predicted octanol–water partition coefficient (Wildman–Crippen LogP) is 5.80. The third-order valence-electron chi connectivity index (χ3n) is 8.02. The van der Waals surface area contributed by atoms with Crippen LogP contribution in [0.25, 0.3) is 16.6 Å². The molecule has 1 aliphatic heterocycles. The summed E-state index contributed by atoms with van der Waals surface area (Å²) in [5.74, 6) is -0.356. The van der Waals surface area contributed by atoms with Crippen molar-refractivity contribution in [3.63, 3.8) is 0 Å². The Morgan fingerprint density at radius 1 is 0.976 bits per heavy atom. The van der Waals surface area contributed by atoms with Crippen molar-refractivity contribution >= 4 is 20.9 Å². The van der Waals surface area contributed by atoms with Crippen molar-refractivity contribution in [2.24, 2.45) is 7.05 Å². The van der Waals surface area contributed by atoms with Crippen LogP contribution in [0.5, 0.6) is 0 Å². The van der Waals surface area contributed by atoms with Crippen LogP contribution in [0, 0.1) is 12.7 Å². The molecule has 42 heavy (non-hydrogen) atoms. The zero-order valence-electron chi connectivity index (χ0n) is 22.8. The van der Waals surface area contributed by atoms with Crippen LogP contribution < -0.4 is 0 Å². The fourth-order valence-corrected chi connectivity index (χ4v) is 7.43. The standard InChI is InChI=1S/C30H27F4N5O2S/c1-20-13-28-22(16-36-39(28)25-9-7-24(31)8-10-25)14-27(20)29(15-21-3-5-23(6-4-21)30(32,33)34)11-12-38(19-29)42(40,41)26-17-35-37(2)18-26/h3-10,13-14,16-18H,11-12,15,19H2,1-2H3. The van der Waals surface area contributed by atoms with E-state index in [1.807, 2.05) is 19.1 Å². The van der Waals surface area contributed by atoms with Gasteiger partial charge in [0.1, 0.15) is 10.7 Å². The first-order chi connectivity index (χ1) is 19.9. The minimum atomic E-state index is -4.45. The van der Waals surface area contributed by atoms with Gasteiger partial charge in [0.05, 0.1) is 29.2 Å². The van der Waals surface area contributed by atoms with E-state index in [-0.39, 0.29) is 23.8 Å². The molecule has 3 aromatic carbocycles. The van der Waals surface area contributed by atoms with Gasteiger partial charge in [0, 0.05) is 37.1 Å². The van der Waals surface area contributed by atoms with Gasteiger partial charge < -0.3 is 0 Å². The van der Waals surface area contributed by atoms with Gasteiger partial charge in [0.25, 0.3) is 0 Å². The van der Waals surface area contributed by atoms with Crippen LogP contribution in [-0.2, 0) is 35.1 Å². The topological polar surface area (TPSA) is 73.0 Å². The third-order valence-corrected chi connectivity index (χ3v) is 9.82. The number of rotatable bonds is 6. The summed E-state index contributed by atoms with van der Waals surface area (Å²) < 4.78 is 85.0. The van der Waals surface area contributed by atoms with E-state index in [2.05, 4.69) is 10.2 Å². The zero-order valence-corrected chi connectivity index (χ0v) is 23.6. The molecule has 0 aliphatic carbocycles. The van der Waals surface area contributed by atoms with Crippen LogP contribution >= 0.6 is 0 Å². The van der Waals surface area contributed by atoms with E-state index >= 15 is 0 Å². The summed E-state index contributed by atoms with van der Waals surface area (Å²) in [5.41, 5.74) is 2.49. The largest absolute Gasteiger partial charge is 0.416 e. The van der Waals surface area contributed by atoms with E-state index in [1.54, 1.807) is 30.1 Å². The highest BCUT2D eigenvalue weighted by Crippen LogP contribution is 2.43. The van der Waals surface area contributed by atoms with Crippen LogP contribution in [0.2, 0.25) is 0 Å². The van der Waals surface area contributed by atoms with E-state index in [0.29, 0.717) is 24.1 Å². The SMILES string of the molecule is Cc1cc2c(cnn2-c2ccc(F)cc2)cc1C1(Cc2ccc(C(F)(F)F)cc2)CCN(S(=O)(=O)c2cnn(C)c2)C1. The Labute approximate surface area is 240 Å². The Morgan fingerprint density at radius 3 is 2.33 bits per heavy atom. The normalized spacial score (nSPS) is 18.2. The van der Waals surface area contributed by atoms with Crippen molar-refractivity contribution in [1.29, 1.82) is 0 Å². The molecule has 0 N–H and O–H groups in total. The quantitative estimate of drug-likeness (QED) is 0.232. The highest BCUT2D eigenvalue weighted by atomic mass is 32.2. The molecule has 5 aromatic rings. The average molecular weight is 598 g/mol. The summed E-state index contributed by atoms with van der Waals surface area (Å²) in [6.07, 6.45) is 0.810. The van der Waals surface area contributed by atoms with Crippen molar-refractivity contribution in [2.75, 3.05) is 13.1 Å². The number of nitrogens with zero attached hydrogens (tertiary/aromatic N) is 5. The lowest BCUT2D eigenvalue weighted by molar-refractivity contribution is -0.137. The van der Waals surface area contributed by atoms with Gasteiger partial charge in [-0.2, -0.15) is 27.7 Å². The molecule has 7 nitrogen and oxygen atoms in total. The highest BCUT2D eigenvalue weighted by Gasteiger charge is 2.45. The Hall–Kier alpha value is -4.03. The predicted molar refractivity (Wildman–Crippen MR) is 149 cm³/mol. The minimum Gasteiger partial charge on any atom is -0.274 e. The molecular weight excluding hydrogens is 570 g/mol. The fourth-order valence-electron chi connectivity index (χ4n) is 5.92. The Bertz CT molecular complexity index is 1880. The summed E-state index contributed by atoms with van der Waals surface area (Å²) in [5, 5.41) is 9.33. The van der Waals surface area contributed by atoms with Crippen LogP contribution in [0.3, 0.4) is 0 Å². The van der Waals surface area contributed by atoms with Crippen molar-refractivity contribution in [3.05, 3.63) is 107 Å². The number of halogens is 4. The molecule has 1 unspecified atom stereocenters. The first-order valence-corrected chi connectivity index (χ1v) is 14.7. The second kappa shape index (κ2) is 10.1. The number of hydrogen-bond donors (Lipinski definition) is 0. The second-order valence-electron chi connectivity index (χ2n) is 10.8. The molecule has 1 saturated heterocycles. The van der Waals surface area contributed by atoms with Crippen LogP contribution in [0.15, 0.2) is 84.1 Å². The van der Waals surface area contributed by atoms with Gasteiger partial charge in [0.15, 0.2) is 0 Å². The molecule has 0 spiro atoms. The molecule has 3 heterocycles. The molecule has 218 valence electrons. The van der Waals surface area contributed by atoms with Crippen LogP contribution in [0.1, 0.15) is 28.7 Å². The fraction of sp³-hybridized carbons (Fsp3) is 0.267. The molecule has 1 atom stereocenters. The molecule has 0 saturated carbocycles. The molecular formula is C30H27F4N5O2S. The summed E-state index contributed by atoms with van der Waals surface area (Å²) in [7, 11) is -2.21. The van der Waals surface area contributed by atoms with E-state index in [9.17, 15) is 26.0 Å². The lowest BCUT2D eigenvalue weighted by atomic mass is 9.73. The van der Waals surface area contributed by atoms with Crippen molar-refractivity contribution < 1.29 is 26.0 Å². The van der Waals surface area contributed by atoms with Crippen molar-refractivity contribution in [2.45, 2.75) is 36.3 Å². The maximum atomic E-state index is 13.6. The first-order valence-electron chi connectivity index (χ1n) is 13.3. The lowest BCUT2D eigenvalue weighted by Gasteiger charge is -2.32. The summed E-state index contributed by atoms with van der Waals surface area (Å²) in [6.45, 7) is 2.32. The third kappa shape index (κ3) is 4.98. The number of aromatic nitrogens is 4. The lowest BCUT2D eigenvalue weighted by Crippen LogP contribution is -2.36. The van der Waals surface area contributed by atoms with Gasteiger partial charge in [-0.1, -0.05) is 12.1 Å². The molecule has 12 heteroatoms. The smallest absolute Gasteiger partial charge is 0.274 e. The Morgan fingerprint density at radius 2 is 1.69 bits per heavy atom. The zero-order chi connectivity index (χ0) is 29.9. The van der Waals surface area contributed by atoms with Gasteiger partial charge >= 0.3 is 6.18 Å². The van der Waals surface area contributed by atoms with Gasteiger partial charge in [-0.3, -0.25) is 4.68 Å². The Kier molecular flexibility index (Phi) is 6.73. The van der Waals surface area contributed by atoms with E-state index < -0.39 is 27.2 Å². The Balaban J connectivity index is 1.43.